The number of halogens is 1. The molecule has 80 valence electrons. The molecule has 1 aromatic carbocycles. The van der Waals surface area contributed by atoms with E-state index in [9.17, 15) is 0 Å². The van der Waals surface area contributed by atoms with Crippen molar-refractivity contribution in [3.63, 3.8) is 0 Å². The van der Waals surface area contributed by atoms with E-state index in [0.29, 0.717) is 6.54 Å². The minimum Gasteiger partial charge on any atom is -0.373 e. The molecular formula is C11H19ClN2. The van der Waals surface area contributed by atoms with Crippen molar-refractivity contribution in [2.45, 2.75) is 13.8 Å². The van der Waals surface area contributed by atoms with Crippen molar-refractivity contribution in [3.8, 4) is 0 Å². The molecule has 0 heterocycles. The lowest BCUT2D eigenvalue weighted by Crippen LogP contribution is -2.25. The van der Waals surface area contributed by atoms with E-state index in [-0.39, 0.29) is 12.4 Å². The minimum atomic E-state index is 0. The first-order chi connectivity index (χ1) is 6.15. The van der Waals surface area contributed by atoms with Crippen LogP contribution in [0.4, 0.5) is 5.69 Å². The molecule has 0 fully saturated rings. The lowest BCUT2D eigenvalue weighted by molar-refractivity contribution is 0.881. The highest BCUT2D eigenvalue weighted by atomic mass is 35.5. The van der Waals surface area contributed by atoms with Crippen LogP contribution in [0.5, 0.6) is 0 Å². The van der Waals surface area contributed by atoms with E-state index in [1.807, 2.05) is 0 Å². The molecule has 0 aromatic heterocycles. The van der Waals surface area contributed by atoms with Crippen LogP contribution in [0.2, 0.25) is 0 Å². The van der Waals surface area contributed by atoms with Crippen molar-refractivity contribution in [1.82, 2.24) is 0 Å². The summed E-state index contributed by atoms with van der Waals surface area (Å²) in [4.78, 5) is 2.20. The van der Waals surface area contributed by atoms with Crippen molar-refractivity contribution in [1.29, 1.82) is 0 Å². The van der Waals surface area contributed by atoms with Crippen LogP contribution >= 0.6 is 12.4 Å². The Kier molecular flexibility index (Phi) is 5.58. The molecule has 0 amide bonds. The van der Waals surface area contributed by atoms with Gasteiger partial charge in [0.2, 0.25) is 0 Å². The zero-order valence-electron chi connectivity index (χ0n) is 9.08. The third kappa shape index (κ3) is 3.20. The Morgan fingerprint density at radius 2 is 1.93 bits per heavy atom. The van der Waals surface area contributed by atoms with Crippen molar-refractivity contribution >= 4 is 18.1 Å². The molecule has 0 aliphatic heterocycles. The Hall–Kier alpha value is -0.730. The van der Waals surface area contributed by atoms with Gasteiger partial charge in [-0.1, -0.05) is 12.1 Å². The van der Waals surface area contributed by atoms with Gasteiger partial charge in [0.25, 0.3) is 0 Å². The summed E-state index contributed by atoms with van der Waals surface area (Å²) in [6.07, 6.45) is 0. The van der Waals surface area contributed by atoms with E-state index in [1.54, 1.807) is 0 Å². The van der Waals surface area contributed by atoms with Crippen molar-refractivity contribution in [2.75, 3.05) is 25.0 Å². The molecule has 3 heteroatoms. The van der Waals surface area contributed by atoms with Gasteiger partial charge in [0, 0.05) is 25.8 Å². The fraction of sp³-hybridized carbons (Fsp3) is 0.455. The fourth-order valence-electron chi connectivity index (χ4n) is 1.44. The van der Waals surface area contributed by atoms with Gasteiger partial charge in [0.15, 0.2) is 0 Å². The van der Waals surface area contributed by atoms with Gasteiger partial charge < -0.3 is 10.6 Å². The molecule has 0 spiro atoms. The molecular weight excluding hydrogens is 196 g/mol. The summed E-state index contributed by atoms with van der Waals surface area (Å²) in [7, 11) is 2.08. The summed E-state index contributed by atoms with van der Waals surface area (Å²) in [5.74, 6) is 0. The van der Waals surface area contributed by atoms with E-state index >= 15 is 0 Å². The molecule has 0 aliphatic carbocycles. The molecule has 14 heavy (non-hydrogen) atoms. The number of hydrogen-bond acceptors (Lipinski definition) is 2. The van der Waals surface area contributed by atoms with Gasteiger partial charge in [-0.3, -0.25) is 0 Å². The summed E-state index contributed by atoms with van der Waals surface area (Å²) >= 11 is 0. The molecule has 0 unspecified atom stereocenters. The van der Waals surface area contributed by atoms with Gasteiger partial charge in [-0.15, -0.1) is 12.4 Å². The van der Waals surface area contributed by atoms with E-state index in [4.69, 9.17) is 5.73 Å². The average Bonchev–Trinajstić information content (AvgIpc) is 2.09. The molecule has 1 aromatic rings. The van der Waals surface area contributed by atoms with Gasteiger partial charge in [0.1, 0.15) is 0 Å². The maximum Gasteiger partial charge on any atom is 0.0396 e. The zero-order valence-corrected chi connectivity index (χ0v) is 9.90. The van der Waals surface area contributed by atoms with Gasteiger partial charge in [-0.05, 0) is 31.0 Å². The molecule has 2 nitrogen and oxygen atoms in total. The fourth-order valence-corrected chi connectivity index (χ4v) is 1.44. The molecule has 0 atom stereocenters. The standard InChI is InChI=1S/C11H18N2.ClH/c1-9-4-5-10(2)11(8-9)13(3)7-6-12;/h4-5,8H,6-7,12H2,1-3H3;1H. The summed E-state index contributed by atoms with van der Waals surface area (Å²) in [6, 6.07) is 6.48. The number of benzene rings is 1. The van der Waals surface area contributed by atoms with Crippen LogP contribution in [0.3, 0.4) is 0 Å². The summed E-state index contributed by atoms with van der Waals surface area (Å²) < 4.78 is 0. The average molecular weight is 215 g/mol. The minimum absolute atomic E-state index is 0. The van der Waals surface area contributed by atoms with Gasteiger partial charge in [-0.2, -0.15) is 0 Å². The normalized spacial score (nSPS) is 9.43. The smallest absolute Gasteiger partial charge is 0.0396 e. The maximum absolute atomic E-state index is 5.51. The maximum atomic E-state index is 5.51. The monoisotopic (exact) mass is 214 g/mol. The Bertz CT molecular complexity index is 287. The lowest BCUT2D eigenvalue weighted by Gasteiger charge is -2.20. The molecule has 0 saturated heterocycles. The Morgan fingerprint density at radius 3 is 2.50 bits per heavy atom. The van der Waals surface area contributed by atoms with E-state index in [1.165, 1.54) is 16.8 Å². The molecule has 0 bridgehead atoms. The molecule has 0 radical (unpaired) electrons. The predicted molar refractivity (Wildman–Crippen MR) is 65.5 cm³/mol. The predicted octanol–water partition coefficient (Wildman–Crippen LogP) is 2.12. The number of anilines is 1. The molecule has 2 N–H and O–H groups in total. The van der Waals surface area contributed by atoms with Crippen molar-refractivity contribution in [3.05, 3.63) is 29.3 Å². The first-order valence-electron chi connectivity index (χ1n) is 4.63. The van der Waals surface area contributed by atoms with Crippen molar-refractivity contribution in [2.24, 2.45) is 5.73 Å². The second kappa shape index (κ2) is 5.89. The number of nitrogens with zero attached hydrogens (tertiary/aromatic N) is 1. The Balaban J connectivity index is 0.00000169. The van der Waals surface area contributed by atoms with E-state index in [2.05, 4.69) is 44.0 Å². The second-order valence-corrected chi connectivity index (χ2v) is 3.50. The van der Waals surface area contributed by atoms with Gasteiger partial charge in [-0.25, -0.2) is 0 Å². The highest BCUT2D eigenvalue weighted by molar-refractivity contribution is 5.85. The summed E-state index contributed by atoms with van der Waals surface area (Å²) in [5.41, 5.74) is 9.40. The van der Waals surface area contributed by atoms with Crippen molar-refractivity contribution < 1.29 is 0 Å². The number of likely N-dealkylation sites (N-methyl/N-ethyl adjacent to an activating group) is 1. The quantitative estimate of drug-likeness (QED) is 0.836. The van der Waals surface area contributed by atoms with E-state index in [0.717, 1.165) is 6.54 Å². The lowest BCUT2D eigenvalue weighted by atomic mass is 10.1. The third-order valence-corrected chi connectivity index (χ3v) is 2.24. The van der Waals surface area contributed by atoms with E-state index < -0.39 is 0 Å². The molecule has 0 aliphatic rings. The highest BCUT2D eigenvalue weighted by Crippen LogP contribution is 2.19. The molecule has 1 rings (SSSR count). The van der Waals surface area contributed by atoms with Gasteiger partial charge >= 0.3 is 0 Å². The number of rotatable bonds is 3. The highest BCUT2D eigenvalue weighted by Gasteiger charge is 2.02. The third-order valence-electron chi connectivity index (χ3n) is 2.24. The summed E-state index contributed by atoms with van der Waals surface area (Å²) in [5, 5.41) is 0. The van der Waals surface area contributed by atoms with Crippen LogP contribution in [-0.2, 0) is 0 Å². The SMILES string of the molecule is Cc1ccc(C)c(N(C)CCN)c1.Cl. The first-order valence-corrected chi connectivity index (χ1v) is 4.63. The van der Waals surface area contributed by atoms with Crippen LogP contribution in [-0.4, -0.2) is 20.1 Å². The van der Waals surface area contributed by atoms with Crippen LogP contribution in [0.15, 0.2) is 18.2 Å². The van der Waals surface area contributed by atoms with Crippen LogP contribution in [0.1, 0.15) is 11.1 Å². The second-order valence-electron chi connectivity index (χ2n) is 3.50. The largest absolute Gasteiger partial charge is 0.373 e. The van der Waals surface area contributed by atoms with Crippen LogP contribution in [0.25, 0.3) is 0 Å². The first kappa shape index (κ1) is 13.3. The number of nitrogens with two attached hydrogens (primary N) is 1. The topological polar surface area (TPSA) is 29.3 Å². The number of aryl methyl sites for hydroxylation is 2. The summed E-state index contributed by atoms with van der Waals surface area (Å²) in [6.45, 7) is 5.84. The molecule has 0 saturated carbocycles. The zero-order chi connectivity index (χ0) is 9.84. The Morgan fingerprint density at radius 1 is 1.29 bits per heavy atom. The number of hydrogen-bond donors (Lipinski definition) is 1. The Labute approximate surface area is 92.5 Å². The van der Waals surface area contributed by atoms with Gasteiger partial charge in [0.05, 0.1) is 0 Å². The van der Waals surface area contributed by atoms with Crippen LogP contribution in [0, 0.1) is 13.8 Å². The van der Waals surface area contributed by atoms with Crippen LogP contribution < -0.4 is 10.6 Å².